The molecule has 13 nitrogen and oxygen atoms in total. The van der Waals surface area contributed by atoms with Crippen LogP contribution >= 0.6 is 0 Å². The lowest BCUT2D eigenvalue weighted by Crippen LogP contribution is -2.61. The van der Waals surface area contributed by atoms with E-state index in [1.165, 1.54) is 25.3 Å². The van der Waals surface area contributed by atoms with Gasteiger partial charge in [0.1, 0.15) is 42.2 Å². The van der Waals surface area contributed by atoms with Crippen molar-refractivity contribution in [2.75, 3.05) is 26.9 Å². The first-order valence-electron chi connectivity index (χ1n) is 12.4. The maximum absolute atomic E-state index is 12.7. The summed E-state index contributed by atoms with van der Waals surface area (Å²) >= 11 is 0. The molecule has 11 atom stereocenters. The average Bonchev–Trinajstić information content (AvgIpc) is 3.60. The Kier molecular flexibility index (Phi) is 7.66. The number of carbonyl (C=O) groups is 1. The summed E-state index contributed by atoms with van der Waals surface area (Å²) in [5, 5.41) is 59.9. The van der Waals surface area contributed by atoms with Gasteiger partial charge in [-0.2, -0.15) is 0 Å². The van der Waals surface area contributed by atoms with Gasteiger partial charge in [0, 0.05) is 12.0 Å². The fourth-order valence-electron chi connectivity index (χ4n) is 5.76. The highest BCUT2D eigenvalue weighted by Gasteiger charge is 2.77. The molecule has 1 aliphatic carbocycles. The van der Waals surface area contributed by atoms with E-state index in [1.807, 2.05) is 0 Å². The lowest BCUT2D eigenvalue weighted by molar-refractivity contribution is -0.356. The highest BCUT2D eigenvalue weighted by atomic mass is 16.8. The Labute approximate surface area is 217 Å². The highest BCUT2D eigenvalue weighted by molar-refractivity contribution is 5.87. The fourth-order valence-corrected chi connectivity index (χ4v) is 5.76. The number of fused-ring (bicyclic) bond motifs is 3. The number of methoxy groups -OCH3 is 1. The number of epoxide rings is 1. The summed E-state index contributed by atoms with van der Waals surface area (Å²) in [6, 6.07) is 4.61. The van der Waals surface area contributed by atoms with Crippen molar-refractivity contribution in [2.45, 2.75) is 61.2 Å². The summed E-state index contributed by atoms with van der Waals surface area (Å²) in [5.74, 6) is -1.32. The summed E-state index contributed by atoms with van der Waals surface area (Å²) < 4.78 is 33.7. The molecule has 5 rings (SSSR count). The average molecular weight is 541 g/mol. The lowest BCUT2D eigenvalue weighted by atomic mass is 9.83. The van der Waals surface area contributed by atoms with E-state index in [0.717, 1.165) is 0 Å². The van der Waals surface area contributed by atoms with Gasteiger partial charge in [-0.25, -0.2) is 4.79 Å². The van der Waals surface area contributed by atoms with Gasteiger partial charge in [-0.3, -0.25) is 0 Å². The predicted molar refractivity (Wildman–Crippen MR) is 124 cm³/mol. The minimum absolute atomic E-state index is 0.0320. The van der Waals surface area contributed by atoms with E-state index < -0.39 is 79.9 Å². The standard InChI is InChI=1S/C25H32O13/c1-33-14-8-11(2-4-13(14)28)3-5-16(29)36-21-12-6-7-34-23(17(12)25(10-27)22(21)38-25)37-24-20(32)19(31)18(30)15(9-26)35-24/h2-5,8,12,15,17-24,26-28,30-32H,6-7,9-10H2,1H3/b5-3+/t12-,15-,17-,18-,19+,20-,21+,22+,23+,24+,25-/m1/s1. The van der Waals surface area contributed by atoms with Crippen LogP contribution in [-0.4, -0.2) is 118 Å². The number of rotatable bonds is 8. The van der Waals surface area contributed by atoms with Crippen molar-refractivity contribution < 1.29 is 63.9 Å². The molecule has 0 bridgehead atoms. The third-order valence-electron chi connectivity index (χ3n) is 7.77. The number of carbonyl (C=O) groups excluding carboxylic acids is 1. The van der Waals surface area contributed by atoms with Gasteiger partial charge < -0.3 is 59.1 Å². The normalized spacial score (nSPS) is 41.9. The summed E-state index contributed by atoms with van der Waals surface area (Å²) in [7, 11) is 1.42. The first kappa shape index (κ1) is 27.2. The molecule has 13 heteroatoms. The molecule has 1 aromatic rings. The van der Waals surface area contributed by atoms with Crippen LogP contribution in [0.2, 0.25) is 0 Å². The van der Waals surface area contributed by atoms with Crippen molar-refractivity contribution in [3.63, 3.8) is 0 Å². The molecule has 38 heavy (non-hydrogen) atoms. The van der Waals surface area contributed by atoms with Crippen molar-refractivity contribution in [3.05, 3.63) is 29.8 Å². The second-order valence-corrected chi connectivity index (χ2v) is 9.87. The van der Waals surface area contributed by atoms with E-state index in [9.17, 15) is 35.4 Å². The SMILES string of the molecule is COc1cc(/C=C/C(=O)O[C@H]2[C@@H]3CCO[C@@H](O[C@@H]4O[C@H](CO)[C@@H](O)[C@H](O)[C@H]4O)[C@@H]3[C@@]3(CO)O[C@@H]23)ccc1O. The second kappa shape index (κ2) is 10.7. The molecule has 0 spiro atoms. The molecule has 1 aromatic carbocycles. The van der Waals surface area contributed by atoms with Crippen molar-refractivity contribution >= 4 is 12.0 Å². The number of aliphatic hydroxyl groups is 5. The number of benzene rings is 1. The molecule has 0 unspecified atom stereocenters. The number of hydrogen-bond donors (Lipinski definition) is 6. The zero-order valence-corrected chi connectivity index (χ0v) is 20.5. The third-order valence-corrected chi connectivity index (χ3v) is 7.77. The predicted octanol–water partition coefficient (Wildman–Crippen LogP) is -1.74. The number of ether oxygens (including phenoxy) is 6. The third kappa shape index (κ3) is 4.68. The van der Waals surface area contributed by atoms with Gasteiger partial charge in [0.15, 0.2) is 24.1 Å². The van der Waals surface area contributed by atoms with Crippen LogP contribution in [-0.2, 0) is 28.5 Å². The summed E-state index contributed by atoms with van der Waals surface area (Å²) in [6.45, 7) is -0.792. The molecule has 4 aliphatic rings. The van der Waals surface area contributed by atoms with Gasteiger partial charge in [-0.05, 0) is 30.2 Å². The van der Waals surface area contributed by atoms with Gasteiger partial charge in [-0.1, -0.05) is 6.07 Å². The minimum Gasteiger partial charge on any atom is -0.504 e. The Morgan fingerprint density at radius 3 is 2.66 bits per heavy atom. The zero-order valence-electron chi connectivity index (χ0n) is 20.5. The second-order valence-electron chi connectivity index (χ2n) is 9.87. The van der Waals surface area contributed by atoms with Gasteiger partial charge in [0.25, 0.3) is 0 Å². The molecule has 3 heterocycles. The van der Waals surface area contributed by atoms with E-state index in [4.69, 9.17) is 28.4 Å². The Balaban J connectivity index is 1.29. The number of aliphatic hydroxyl groups excluding tert-OH is 5. The molecular weight excluding hydrogens is 508 g/mol. The van der Waals surface area contributed by atoms with Crippen molar-refractivity contribution in [2.24, 2.45) is 11.8 Å². The molecule has 3 aliphatic heterocycles. The van der Waals surface area contributed by atoms with Crippen molar-refractivity contribution in [1.29, 1.82) is 0 Å². The number of phenols is 1. The largest absolute Gasteiger partial charge is 0.504 e. The fraction of sp³-hybridized carbons (Fsp3) is 0.640. The molecule has 1 saturated carbocycles. The monoisotopic (exact) mass is 540 g/mol. The Bertz CT molecular complexity index is 1050. The highest BCUT2D eigenvalue weighted by Crippen LogP contribution is 2.61. The van der Waals surface area contributed by atoms with E-state index >= 15 is 0 Å². The number of aromatic hydroxyl groups is 1. The lowest BCUT2D eigenvalue weighted by Gasteiger charge is -2.44. The van der Waals surface area contributed by atoms with Crippen molar-refractivity contribution in [3.8, 4) is 11.5 Å². The van der Waals surface area contributed by atoms with E-state index in [1.54, 1.807) is 12.1 Å². The molecule has 3 saturated heterocycles. The molecule has 0 amide bonds. The van der Waals surface area contributed by atoms with Gasteiger partial charge in [-0.15, -0.1) is 0 Å². The quantitative estimate of drug-likeness (QED) is 0.124. The van der Waals surface area contributed by atoms with E-state index in [0.29, 0.717) is 12.0 Å². The molecule has 0 aromatic heterocycles. The van der Waals surface area contributed by atoms with Crippen LogP contribution in [0.1, 0.15) is 12.0 Å². The van der Waals surface area contributed by atoms with Gasteiger partial charge >= 0.3 is 5.97 Å². The first-order chi connectivity index (χ1) is 18.2. The summed E-state index contributed by atoms with van der Waals surface area (Å²) in [4.78, 5) is 12.7. The Hall–Kier alpha value is -2.33. The van der Waals surface area contributed by atoms with Crippen LogP contribution in [0, 0.1) is 11.8 Å². The Morgan fingerprint density at radius 2 is 1.95 bits per heavy atom. The molecule has 4 fully saturated rings. The topological polar surface area (TPSA) is 197 Å². The molecule has 0 radical (unpaired) electrons. The minimum atomic E-state index is -1.63. The summed E-state index contributed by atoms with van der Waals surface area (Å²) in [6.07, 6.45) is -6.52. The van der Waals surface area contributed by atoms with Crippen molar-refractivity contribution in [1.82, 2.24) is 0 Å². The number of phenolic OH excluding ortho intramolecular Hbond substituents is 1. The van der Waals surface area contributed by atoms with Crippen LogP contribution in [0.15, 0.2) is 24.3 Å². The summed E-state index contributed by atoms with van der Waals surface area (Å²) in [5.41, 5.74) is -0.490. The zero-order chi connectivity index (χ0) is 27.2. The maximum atomic E-state index is 12.7. The molecule has 210 valence electrons. The number of hydrogen-bond acceptors (Lipinski definition) is 13. The first-order valence-corrected chi connectivity index (χ1v) is 12.4. The van der Waals surface area contributed by atoms with Crippen LogP contribution in [0.5, 0.6) is 11.5 Å². The molecule has 6 N–H and O–H groups in total. The van der Waals surface area contributed by atoms with E-state index in [-0.39, 0.29) is 24.0 Å². The number of esters is 1. The van der Waals surface area contributed by atoms with Gasteiger partial charge in [0.2, 0.25) is 0 Å². The van der Waals surface area contributed by atoms with Gasteiger partial charge in [0.05, 0.1) is 32.8 Å². The smallest absolute Gasteiger partial charge is 0.331 e. The van der Waals surface area contributed by atoms with Crippen LogP contribution < -0.4 is 4.74 Å². The van der Waals surface area contributed by atoms with E-state index in [2.05, 4.69) is 0 Å². The molecular formula is C25H32O13. The Morgan fingerprint density at radius 1 is 1.16 bits per heavy atom. The maximum Gasteiger partial charge on any atom is 0.331 e. The van der Waals surface area contributed by atoms with Crippen LogP contribution in [0.3, 0.4) is 0 Å². The van der Waals surface area contributed by atoms with Crippen LogP contribution in [0.4, 0.5) is 0 Å². The van der Waals surface area contributed by atoms with Crippen LogP contribution in [0.25, 0.3) is 6.08 Å².